The van der Waals surface area contributed by atoms with E-state index < -0.39 is 0 Å². The molecule has 102 valence electrons. The number of nitrogens with zero attached hydrogens (tertiary/aromatic N) is 1. The van der Waals surface area contributed by atoms with Crippen LogP contribution in [0.15, 0.2) is 24.3 Å². The lowest BCUT2D eigenvalue weighted by atomic mass is 9.99. The summed E-state index contributed by atoms with van der Waals surface area (Å²) in [6.07, 6.45) is 1.35. The quantitative estimate of drug-likeness (QED) is 0.879. The molecule has 0 spiro atoms. The number of rotatable bonds is 2. The molecule has 0 fully saturated rings. The second-order valence-corrected chi connectivity index (χ2v) is 4.90. The van der Waals surface area contributed by atoms with Crippen molar-refractivity contribution in [1.82, 2.24) is 10.2 Å². The molecule has 2 amide bonds. The molecule has 1 atom stereocenters. The number of amides is 2. The minimum absolute atomic E-state index is 0.0643. The predicted molar refractivity (Wildman–Crippen MR) is 73.6 cm³/mol. The number of hydrogen-bond acceptors (Lipinski definition) is 2. The molecule has 1 aromatic rings. The maximum Gasteiger partial charge on any atom is 0.222 e. The van der Waals surface area contributed by atoms with Crippen molar-refractivity contribution in [3.05, 3.63) is 35.4 Å². The third kappa shape index (κ3) is 3.13. The number of nitrogens with one attached hydrogen (secondary N) is 1. The Bertz CT molecular complexity index is 485. The van der Waals surface area contributed by atoms with Crippen molar-refractivity contribution in [2.75, 3.05) is 13.1 Å². The molecule has 1 heterocycles. The van der Waals surface area contributed by atoms with Gasteiger partial charge in [0.15, 0.2) is 0 Å². The van der Waals surface area contributed by atoms with Crippen LogP contribution in [-0.2, 0) is 16.0 Å². The third-order valence-corrected chi connectivity index (χ3v) is 3.52. The standard InChI is InChI=1S/C15H20N2O2/c1-3-15(19)17-9-8-12-6-4-5-7-13(12)14(10-17)16-11(2)18/h4-7,14H,3,8-10H2,1-2H3,(H,16,18). The molecule has 1 aromatic carbocycles. The summed E-state index contributed by atoms with van der Waals surface area (Å²) in [7, 11) is 0. The van der Waals surface area contributed by atoms with E-state index in [1.165, 1.54) is 12.5 Å². The lowest BCUT2D eigenvalue weighted by Crippen LogP contribution is -2.39. The first kappa shape index (κ1) is 13.6. The van der Waals surface area contributed by atoms with E-state index in [-0.39, 0.29) is 17.9 Å². The molecule has 1 aliphatic heterocycles. The summed E-state index contributed by atoms with van der Waals surface area (Å²) >= 11 is 0. The van der Waals surface area contributed by atoms with Gasteiger partial charge in [0.25, 0.3) is 0 Å². The Labute approximate surface area is 113 Å². The highest BCUT2D eigenvalue weighted by Gasteiger charge is 2.25. The van der Waals surface area contributed by atoms with Crippen molar-refractivity contribution < 1.29 is 9.59 Å². The largest absolute Gasteiger partial charge is 0.348 e. The van der Waals surface area contributed by atoms with Crippen LogP contribution in [0.2, 0.25) is 0 Å². The van der Waals surface area contributed by atoms with Gasteiger partial charge in [-0.25, -0.2) is 0 Å². The summed E-state index contributed by atoms with van der Waals surface area (Å²) < 4.78 is 0. The second kappa shape index (κ2) is 5.87. The summed E-state index contributed by atoms with van der Waals surface area (Å²) in [4.78, 5) is 25.1. The highest BCUT2D eigenvalue weighted by atomic mass is 16.2. The van der Waals surface area contributed by atoms with Crippen LogP contribution >= 0.6 is 0 Å². The van der Waals surface area contributed by atoms with Crippen LogP contribution in [0.1, 0.15) is 37.4 Å². The topological polar surface area (TPSA) is 49.4 Å². The Morgan fingerprint density at radius 3 is 2.79 bits per heavy atom. The molecular formula is C15H20N2O2. The molecule has 19 heavy (non-hydrogen) atoms. The fourth-order valence-corrected chi connectivity index (χ4v) is 2.59. The zero-order valence-electron chi connectivity index (χ0n) is 11.5. The minimum Gasteiger partial charge on any atom is -0.348 e. The van der Waals surface area contributed by atoms with Gasteiger partial charge in [0.2, 0.25) is 11.8 Å². The van der Waals surface area contributed by atoms with Gasteiger partial charge in [-0.1, -0.05) is 31.2 Å². The Kier molecular flexibility index (Phi) is 4.20. The number of benzene rings is 1. The molecule has 0 radical (unpaired) electrons. The fourth-order valence-electron chi connectivity index (χ4n) is 2.59. The molecule has 2 rings (SSSR count). The maximum atomic E-state index is 11.9. The van der Waals surface area contributed by atoms with Gasteiger partial charge in [-0.15, -0.1) is 0 Å². The van der Waals surface area contributed by atoms with E-state index >= 15 is 0 Å². The summed E-state index contributed by atoms with van der Waals surface area (Å²) in [5, 5.41) is 2.95. The molecule has 0 saturated carbocycles. The van der Waals surface area contributed by atoms with Crippen LogP contribution in [0.25, 0.3) is 0 Å². The van der Waals surface area contributed by atoms with E-state index in [1.54, 1.807) is 0 Å². The maximum absolute atomic E-state index is 11.9. The fraction of sp³-hybridized carbons (Fsp3) is 0.467. The smallest absolute Gasteiger partial charge is 0.222 e. The summed E-state index contributed by atoms with van der Waals surface area (Å²) in [6, 6.07) is 7.98. The first-order valence-corrected chi connectivity index (χ1v) is 6.74. The molecule has 1 N–H and O–H groups in total. The number of hydrogen-bond donors (Lipinski definition) is 1. The van der Waals surface area contributed by atoms with Gasteiger partial charge in [0.1, 0.15) is 0 Å². The van der Waals surface area contributed by atoms with E-state index in [9.17, 15) is 9.59 Å². The van der Waals surface area contributed by atoms with Crippen LogP contribution in [0.5, 0.6) is 0 Å². The van der Waals surface area contributed by atoms with E-state index in [4.69, 9.17) is 0 Å². The normalized spacial score (nSPS) is 18.4. The average molecular weight is 260 g/mol. The Morgan fingerprint density at radius 1 is 1.37 bits per heavy atom. The van der Waals surface area contributed by atoms with E-state index in [2.05, 4.69) is 11.4 Å². The third-order valence-electron chi connectivity index (χ3n) is 3.52. The summed E-state index contributed by atoms with van der Waals surface area (Å²) in [5.41, 5.74) is 2.34. The van der Waals surface area contributed by atoms with Crippen molar-refractivity contribution in [3.63, 3.8) is 0 Å². The average Bonchev–Trinajstić information content (AvgIpc) is 2.58. The van der Waals surface area contributed by atoms with E-state index in [0.29, 0.717) is 13.0 Å². The Balaban J connectivity index is 2.29. The van der Waals surface area contributed by atoms with Crippen molar-refractivity contribution in [2.45, 2.75) is 32.7 Å². The van der Waals surface area contributed by atoms with Crippen molar-refractivity contribution in [2.24, 2.45) is 0 Å². The van der Waals surface area contributed by atoms with Gasteiger partial charge >= 0.3 is 0 Å². The Morgan fingerprint density at radius 2 is 2.11 bits per heavy atom. The number of fused-ring (bicyclic) bond motifs is 1. The molecule has 0 aliphatic carbocycles. The van der Waals surface area contributed by atoms with Crippen LogP contribution in [0.4, 0.5) is 0 Å². The minimum atomic E-state index is -0.105. The van der Waals surface area contributed by atoms with E-state index in [1.807, 2.05) is 30.0 Å². The van der Waals surface area contributed by atoms with Gasteiger partial charge in [-0.2, -0.15) is 0 Å². The van der Waals surface area contributed by atoms with Crippen LogP contribution in [-0.4, -0.2) is 29.8 Å². The van der Waals surface area contributed by atoms with Crippen molar-refractivity contribution >= 4 is 11.8 Å². The van der Waals surface area contributed by atoms with Gasteiger partial charge in [0.05, 0.1) is 6.04 Å². The number of carbonyl (C=O) groups excluding carboxylic acids is 2. The first-order chi connectivity index (χ1) is 9.11. The van der Waals surface area contributed by atoms with E-state index in [0.717, 1.165) is 18.5 Å². The summed E-state index contributed by atoms with van der Waals surface area (Å²) in [5.74, 6) is 0.0776. The molecule has 4 nitrogen and oxygen atoms in total. The zero-order chi connectivity index (χ0) is 13.8. The van der Waals surface area contributed by atoms with Gasteiger partial charge in [0, 0.05) is 26.4 Å². The first-order valence-electron chi connectivity index (χ1n) is 6.74. The highest BCUT2D eigenvalue weighted by molar-refractivity contribution is 5.77. The van der Waals surface area contributed by atoms with Gasteiger partial charge in [-0.3, -0.25) is 9.59 Å². The zero-order valence-corrected chi connectivity index (χ0v) is 11.5. The highest BCUT2D eigenvalue weighted by Crippen LogP contribution is 2.24. The van der Waals surface area contributed by atoms with Crippen molar-refractivity contribution in [3.8, 4) is 0 Å². The molecular weight excluding hydrogens is 240 g/mol. The van der Waals surface area contributed by atoms with Gasteiger partial charge in [-0.05, 0) is 17.5 Å². The molecule has 1 aliphatic rings. The van der Waals surface area contributed by atoms with Crippen LogP contribution < -0.4 is 5.32 Å². The predicted octanol–water partition coefficient (Wildman–Crippen LogP) is 1.66. The molecule has 0 saturated heterocycles. The Hall–Kier alpha value is -1.84. The lowest BCUT2D eigenvalue weighted by Gasteiger charge is -2.25. The van der Waals surface area contributed by atoms with Gasteiger partial charge < -0.3 is 10.2 Å². The SMILES string of the molecule is CCC(=O)N1CCc2ccccc2C(NC(C)=O)C1. The summed E-state index contributed by atoms with van der Waals surface area (Å²) in [6.45, 7) is 4.66. The molecule has 0 aromatic heterocycles. The monoisotopic (exact) mass is 260 g/mol. The lowest BCUT2D eigenvalue weighted by molar-refractivity contribution is -0.131. The molecule has 4 heteroatoms. The van der Waals surface area contributed by atoms with Crippen LogP contribution in [0, 0.1) is 0 Å². The van der Waals surface area contributed by atoms with Crippen LogP contribution in [0.3, 0.4) is 0 Å². The second-order valence-electron chi connectivity index (χ2n) is 4.90. The van der Waals surface area contributed by atoms with Crippen molar-refractivity contribution in [1.29, 1.82) is 0 Å². The molecule has 0 bridgehead atoms. The molecule has 1 unspecified atom stereocenters. The number of carbonyl (C=O) groups is 2.